The first-order chi connectivity index (χ1) is 7.00. The van der Waals surface area contributed by atoms with Gasteiger partial charge in [0.15, 0.2) is 11.6 Å². The molecule has 15 heavy (non-hydrogen) atoms. The Morgan fingerprint density at radius 1 is 1.27 bits per heavy atom. The van der Waals surface area contributed by atoms with Crippen molar-refractivity contribution in [2.24, 2.45) is 0 Å². The van der Waals surface area contributed by atoms with E-state index in [4.69, 9.17) is 0 Å². The SMILES string of the molecule is CC1(C)NCCC1c1ccc(F)c(F)c1. The average Bonchev–Trinajstić information content (AvgIpc) is 2.50. The molecule has 0 bridgehead atoms. The average molecular weight is 211 g/mol. The summed E-state index contributed by atoms with van der Waals surface area (Å²) in [6, 6.07) is 4.20. The Morgan fingerprint density at radius 3 is 2.53 bits per heavy atom. The van der Waals surface area contributed by atoms with E-state index in [1.54, 1.807) is 6.07 Å². The lowest BCUT2D eigenvalue weighted by molar-refractivity contribution is 0.408. The predicted molar refractivity (Wildman–Crippen MR) is 55.8 cm³/mol. The van der Waals surface area contributed by atoms with E-state index < -0.39 is 11.6 Å². The van der Waals surface area contributed by atoms with Gasteiger partial charge in [0.1, 0.15) is 0 Å². The Bertz CT molecular complexity index is 374. The van der Waals surface area contributed by atoms with Crippen LogP contribution in [0.1, 0.15) is 31.7 Å². The van der Waals surface area contributed by atoms with Gasteiger partial charge in [-0.1, -0.05) is 6.07 Å². The number of halogens is 2. The summed E-state index contributed by atoms with van der Waals surface area (Å²) >= 11 is 0. The smallest absolute Gasteiger partial charge is 0.159 e. The van der Waals surface area contributed by atoms with Crippen molar-refractivity contribution in [3.63, 3.8) is 0 Å². The number of hydrogen-bond donors (Lipinski definition) is 1. The minimum Gasteiger partial charge on any atom is -0.311 e. The van der Waals surface area contributed by atoms with Crippen molar-refractivity contribution in [3.8, 4) is 0 Å². The molecule has 1 unspecified atom stereocenters. The van der Waals surface area contributed by atoms with Crippen LogP contribution in [0, 0.1) is 11.6 Å². The Morgan fingerprint density at radius 2 is 2.00 bits per heavy atom. The van der Waals surface area contributed by atoms with Crippen LogP contribution >= 0.6 is 0 Å². The molecule has 0 spiro atoms. The van der Waals surface area contributed by atoms with Gasteiger partial charge < -0.3 is 5.32 Å². The van der Waals surface area contributed by atoms with Gasteiger partial charge in [-0.3, -0.25) is 0 Å². The zero-order valence-corrected chi connectivity index (χ0v) is 8.98. The summed E-state index contributed by atoms with van der Waals surface area (Å²) in [6.07, 6.45) is 0.970. The maximum Gasteiger partial charge on any atom is 0.159 e. The van der Waals surface area contributed by atoms with E-state index in [0.717, 1.165) is 18.5 Å². The first-order valence-corrected chi connectivity index (χ1v) is 5.21. The van der Waals surface area contributed by atoms with E-state index >= 15 is 0 Å². The summed E-state index contributed by atoms with van der Waals surface area (Å²) in [4.78, 5) is 0. The number of hydrogen-bond acceptors (Lipinski definition) is 1. The van der Waals surface area contributed by atoms with Gasteiger partial charge in [0.25, 0.3) is 0 Å². The predicted octanol–water partition coefficient (Wildman–Crippen LogP) is 2.82. The quantitative estimate of drug-likeness (QED) is 0.753. The molecule has 1 heterocycles. The third-order valence-electron chi connectivity index (χ3n) is 3.23. The molecular formula is C12H15F2N. The Balaban J connectivity index is 2.33. The number of rotatable bonds is 1. The van der Waals surface area contributed by atoms with Crippen LogP contribution < -0.4 is 5.32 Å². The van der Waals surface area contributed by atoms with Crippen molar-refractivity contribution in [2.75, 3.05) is 6.54 Å². The molecule has 1 nitrogen and oxygen atoms in total. The van der Waals surface area contributed by atoms with E-state index in [0.29, 0.717) is 0 Å². The second kappa shape index (κ2) is 3.56. The molecule has 1 aliphatic rings. The largest absolute Gasteiger partial charge is 0.311 e. The first kappa shape index (κ1) is 10.6. The third kappa shape index (κ3) is 1.88. The molecular weight excluding hydrogens is 196 g/mol. The topological polar surface area (TPSA) is 12.0 Å². The normalized spacial score (nSPS) is 24.4. The van der Waals surface area contributed by atoms with Gasteiger partial charge in [-0.25, -0.2) is 8.78 Å². The first-order valence-electron chi connectivity index (χ1n) is 5.21. The van der Waals surface area contributed by atoms with Crippen molar-refractivity contribution in [1.29, 1.82) is 0 Å². The Kier molecular flexibility index (Phi) is 2.51. The minimum absolute atomic E-state index is 0.0374. The van der Waals surface area contributed by atoms with Crippen molar-refractivity contribution in [3.05, 3.63) is 35.4 Å². The molecule has 0 amide bonds. The molecule has 0 saturated carbocycles. The highest BCUT2D eigenvalue weighted by Crippen LogP contribution is 2.35. The van der Waals surface area contributed by atoms with Crippen LogP contribution in [0.2, 0.25) is 0 Å². The van der Waals surface area contributed by atoms with Crippen LogP contribution in [0.5, 0.6) is 0 Å². The molecule has 0 radical (unpaired) electrons. The van der Waals surface area contributed by atoms with Crippen molar-refractivity contribution >= 4 is 0 Å². The third-order valence-corrected chi connectivity index (χ3v) is 3.23. The molecule has 0 aromatic heterocycles. The highest BCUT2D eigenvalue weighted by atomic mass is 19.2. The van der Waals surface area contributed by atoms with Gasteiger partial charge in [0.05, 0.1) is 0 Å². The van der Waals surface area contributed by atoms with Gasteiger partial charge in [-0.15, -0.1) is 0 Å². The van der Waals surface area contributed by atoms with Crippen LogP contribution in [0.3, 0.4) is 0 Å². The molecule has 1 saturated heterocycles. The van der Waals surface area contributed by atoms with Crippen LogP contribution in [0.4, 0.5) is 8.78 Å². The van der Waals surface area contributed by atoms with E-state index in [1.807, 2.05) is 0 Å². The number of nitrogens with one attached hydrogen (secondary N) is 1. The van der Waals surface area contributed by atoms with Crippen molar-refractivity contribution in [2.45, 2.75) is 31.7 Å². The van der Waals surface area contributed by atoms with E-state index in [-0.39, 0.29) is 11.5 Å². The zero-order chi connectivity index (χ0) is 11.1. The van der Waals surface area contributed by atoms with Gasteiger partial charge in [0.2, 0.25) is 0 Å². The fraction of sp³-hybridized carbons (Fsp3) is 0.500. The fourth-order valence-corrected chi connectivity index (χ4v) is 2.34. The number of benzene rings is 1. The van der Waals surface area contributed by atoms with Crippen molar-refractivity contribution < 1.29 is 8.78 Å². The van der Waals surface area contributed by atoms with Crippen LogP contribution in [-0.2, 0) is 0 Å². The summed E-state index contributed by atoms with van der Waals surface area (Å²) in [6.45, 7) is 5.11. The van der Waals surface area contributed by atoms with Crippen LogP contribution in [-0.4, -0.2) is 12.1 Å². The second-order valence-electron chi connectivity index (χ2n) is 4.66. The zero-order valence-electron chi connectivity index (χ0n) is 8.98. The molecule has 82 valence electrons. The molecule has 1 aliphatic heterocycles. The maximum atomic E-state index is 13.1. The molecule has 0 aliphatic carbocycles. The van der Waals surface area contributed by atoms with E-state index in [2.05, 4.69) is 19.2 Å². The monoisotopic (exact) mass is 211 g/mol. The second-order valence-corrected chi connectivity index (χ2v) is 4.66. The van der Waals surface area contributed by atoms with E-state index in [9.17, 15) is 8.78 Å². The van der Waals surface area contributed by atoms with Crippen LogP contribution in [0.15, 0.2) is 18.2 Å². The molecule has 3 heteroatoms. The highest BCUT2D eigenvalue weighted by Gasteiger charge is 2.35. The molecule has 1 aromatic rings. The summed E-state index contributed by atoms with van der Waals surface area (Å²) in [5.74, 6) is -1.27. The molecule has 2 rings (SSSR count). The fourth-order valence-electron chi connectivity index (χ4n) is 2.34. The molecule has 1 N–H and O–H groups in total. The van der Waals surface area contributed by atoms with Gasteiger partial charge >= 0.3 is 0 Å². The lowest BCUT2D eigenvalue weighted by Gasteiger charge is -2.27. The van der Waals surface area contributed by atoms with Gasteiger partial charge in [-0.05, 0) is 44.5 Å². The van der Waals surface area contributed by atoms with Gasteiger partial charge in [-0.2, -0.15) is 0 Å². The Labute approximate surface area is 88.5 Å². The maximum absolute atomic E-state index is 13.1. The van der Waals surface area contributed by atoms with E-state index in [1.165, 1.54) is 12.1 Å². The minimum atomic E-state index is -0.775. The summed E-state index contributed by atoms with van der Waals surface area (Å²) in [5.41, 5.74) is 0.841. The Hall–Kier alpha value is -0.960. The summed E-state index contributed by atoms with van der Waals surface area (Å²) in [5, 5.41) is 3.36. The van der Waals surface area contributed by atoms with Crippen molar-refractivity contribution in [1.82, 2.24) is 5.32 Å². The van der Waals surface area contributed by atoms with Gasteiger partial charge in [0, 0.05) is 11.5 Å². The summed E-state index contributed by atoms with van der Waals surface area (Å²) < 4.78 is 25.9. The lowest BCUT2D eigenvalue weighted by Crippen LogP contribution is -2.36. The molecule has 1 atom stereocenters. The van der Waals surface area contributed by atoms with Crippen LogP contribution in [0.25, 0.3) is 0 Å². The molecule has 1 aromatic carbocycles. The lowest BCUT2D eigenvalue weighted by atomic mass is 9.83. The molecule has 1 fully saturated rings. The summed E-state index contributed by atoms with van der Waals surface area (Å²) in [7, 11) is 0. The standard InChI is InChI=1S/C12H15F2N/c1-12(2)9(5-6-15-12)8-3-4-10(13)11(14)7-8/h3-4,7,9,15H,5-6H2,1-2H3. The highest BCUT2D eigenvalue weighted by molar-refractivity contribution is 5.26.